The fourth-order valence-electron chi connectivity index (χ4n) is 2.26. The zero-order valence-corrected chi connectivity index (χ0v) is 11.8. The predicted octanol–water partition coefficient (Wildman–Crippen LogP) is 4.20. The van der Waals surface area contributed by atoms with Gasteiger partial charge in [-0.3, -0.25) is 5.32 Å². The largest absolute Gasteiger partial charge is 0.295 e. The van der Waals surface area contributed by atoms with Crippen LogP contribution in [0.25, 0.3) is 0 Å². The minimum absolute atomic E-state index is 0.307. The van der Waals surface area contributed by atoms with E-state index in [1.807, 2.05) is 18.2 Å². The Balaban J connectivity index is 2.14. The Bertz CT molecular complexity index is 436. The first-order chi connectivity index (χ1) is 8.20. The van der Waals surface area contributed by atoms with Crippen molar-refractivity contribution in [2.75, 3.05) is 0 Å². The first-order valence-corrected chi connectivity index (χ1v) is 6.98. The minimum Gasteiger partial charge on any atom is -0.295 e. The van der Waals surface area contributed by atoms with Crippen molar-refractivity contribution in [3.63, 3.8) is 0 Å². The van der Waals surface area contributed by atoms with Crippen LogP contribution in [0.3, 0.4) is 0 Å². The molecule has 1 aromatic rings. The van der Waals surface area contributed by atoms with Gasteiger partial charge in [0.25, 0.3) is 0 Å². The third-order valence-electron chi connectivity index (χ3n) is 3.16. The summed E-state index contributed by atoms with van der Waals surface area (Å²) in [5.41, 5.74) is 0.865. The van der Waals surface area contributed by atoms with Gasteiger partial charge in [-0.25, -0.2) is 0 Å². The topological polar surface area (TPSA) is 35.8 Å². The van der Waals surface area contributed by atoms with Crippen LogP contribution in [0.5, 0.6) is 0 Å². The molecule has 0 spiro atoms. The molecule has 1 saturated carbocycles. The van der Waals surface area contributed by atoms with E-state index in [9.17, 15) is 5.26 Å². The Morgan fingerprint density at radius 2 is 2.12 bits per heavy atom. The van der Waals surface area contributed by atoms with Gasteiger partial charge in [0.2, 0.25) is 0 Å². The molecule has 0 aliphatic heterocycles. The predicted molar refractivity (Wildman–Crippen MR) is 72.9 cm³/mol. The van der Waals surface area contributed by atoms with Crippen LogP contribution in [0.15, 0.2) is 22.7 Å². The quantitative estimate of drug-likeness (QED) is 0.908. The maximum Gasteiger partial charge on any atom is 0.123 e. The SMILES string of the molecule is N#CC(NC1CCCC1)c1ccc(Br)cc1Cl. The van der Waals surface area contributed by atoms with E-state index in [1.165, 1.54) is 12.8 Å². The van der Waals surface area contributed by atoms with Gasteiger partial charge in [0.05, 0.1) is 6.07 Å². The van der Waals surface area contributed by atoms with Crippen molar-refractivity contribution in [2.24, 2.45) is 0 Å². The Kier molecular flexibility index (Phi) is 4.44. The highest BCUT2D eigenvalue weighted by Crippen LogP contribution is 2.28. The number of nitrogens with one attached hydrogen (secondary N) is 1. The summed E-state index contributed by atoms with van der Waals surface area (Å²) < 4.78 is 0.934. The van der Waals surface area contributed by atoms with Gasteiger partial charge in [0.1, 0.15) is 6.04 Å². The molecule has 0 saturated heterocycles. The fraction of sp³-hybridized carbons (Fsp3) is 0.462. The van der Waals surface area contributed by atoms with Crippen LogP contribution in [-0.4, -0.2) is 6.04 Å². The van der Waals surface area contributed by atoms with Gasteiger partial charge in [-0.1, -0.05) is 46.4 Å². The smallest absolute Gasteiger partial charge is 0.123 e. The lowest BCUT2D eigenvalue weighted by molar-refractivity contribution is 0.492. The molecule has 4 heteroatoms. The van der Waals surface area contributed by atoms with Gasteiger partial charge in [0.15, 0.2) is 0 Å². The van der Waals surface area contributed by atoms with E-state index in [0.717, 1.165) is 22.9 Å². The van der Waals surface area contributed by atoms with E-state index in [1.54, 1.807) is 0 Å². The highest BCUT2D eigenvalue weighted by molar-refractivity contribution is 9.10. The normalized spacial score (nSPS) is 17.9. The second kappa shape index (κ2) is 5.86. The van der Waals surface area contributed by atoms with Crippen molar-refractivity contribution in [1.82, 2.24) is 5.32 Å². The number of hydrogen-bond acceptors (Lipinski definition) is 2. The number of halogens is 2. The van der Waals surface area contributed by atoms with Crippen LogP contribution in [0.2, 0.25) is 5.02 Å². The van der Waals surface area contributed by atoms with E-state index in [2.05, 4.69) is 27.3 Å². The van der Waals surface area contributed by atoms with E-state index in [0.29, 0.717) is 11.1 Å². The van der Waals surface area contributed by atoms with Gasteiger partial charge in [-0.2, -0.15) is 5.26 Å². The maximum absolute atomic E-state index is 9.25. The Labute approximate surface area is 115 Å². The van der Waals surface area contributed by atoms with Crippen LogP contribution < -0.4 is 5.32 Å². The van der Waals surface area contributed by atoms with Crippen molar-refractivity contribution < 1.29 is 0 Å². The lowest BCUT2D eigenvalue weighted by atomic mass is 10.1. The summed E-state index contributed by atoms with van der Waals surface area (Å²) in [6.07, 6.45) is 4.83. The molecule has 90 valence electrons. The van der Waals surface area contributed by atoms with Crippen molar-refractivity contribution >= 4 is 27.5 Å². The summed E-state index contributed by atoms with van der Waals surface area (Å²) >= 11 is 9.54. The fourth-order valence-corrected chi connectivity index (χ4v) is 3.04. The molecule has 1 aliphatic rings. The summed E-state index contributed by atoms with van der Waals surface area (Å²) in [7, 11) is 0. The first kappa shape index (κ1) is 12.9. The van der Waals surface area contributed by atoms with E-state index in [-0.39, 0.29) is 6.04 Å². The number of rotatable bonds is 3. The molecule has 1 aromatic carbocycles. The van der Waals surface area contributed by atoms with Gasteiger partial charge < -0.3 is 0 Å². The average Bonchev–Trinajstić information content (AvgIpc) is 2.79. The third-order valence-corrected chi connectivity index (χ3v) is 3.98. The summed E-state index contributed by atoms with van der Waals surface area (Å²) in [5.74, 6) is 0. The standard InChI is InChI=1S/C13H14BrClN2/c14-9-5-6-11(12(15)7-9)13(8-16)17-10-3-1-2-4-10/h5-7,10,13,17H,1-4H2. The van der Waals surface area contributed by atoms with Crippen LogP contribution in [-0.2, 0) is 0 Å². The van der Waals surface area contributed by atoms with Gasteiger partial charge in [0, 0.05) is 21.1 Å². The van der Waals surface area contributed by atoms with Crippen molar-refractivity contribution in [1.29, 1.82) is 5.26 Å². The first-order valence-electron chi connectivity index (χ1n) is 5.81. The molecule has 1 fully saturated rings. The van der Waals surface area contributed by atoms with E-state index in [4.69, 9.17) is 11.6 Å². The summed E-state index contributed by atoms with van der Waals surface area (Å²) in [6, 6.07) is 8.10. The molecule has 1 N–H and O–H groups in total. The van der Waals surface area contributed by atoms with Gasteiger partial charge >= 0.3 is 0 Å². The molecule has 1 atom stereocenters. The van der Waals surface area contributed by atoms with Gasteiger partial charge in [-0.05, 0) is 25.0 Å². The number of benzene rings is 1. The van der Waals surface area contributed by atoms with Crippen LogP contribution >= 0.6 is 27.5 Å². The molecule has 17 heavy (non-hydrogen) atoms. The monoisotopic (exact) mass is 312 g/mol. The molecule has 0 aromatic heterocycles. The molecular weight excluding hydrogens is 300 g/mol. The van der Waals surface area contributed by atoms with Crippen LogP contribution in [0.1, 0.15) is 37.3 Å². The third kappa shape index (κ3) is 3.22. The Morgan fingerprint density at radius 1 is 1.41 bits per heavy atom. The van der Waals surface area contributed by atoms with Gasteiger partial charge in [-0.15, -0.1) is 0 Å². The van der Waals surface area contributed by atoms with Crippen molar-refractivity contribution in [2.45, 2.75) is 37.8 Å². The lowest BCUT2D eigenvalue weighted by Crippen LogP contribution is -2.29. The minimum atomic E-state index is -0.307. The van der Waals surface area contributed by atoms with Crippen LogP contribution in [0, 0.1) is 11.3 Å². The zero-order valence-electron chi connectivity index (χ0n) is 9.42. The summed E-state index contributed by atoms with van der Waals surface area (Å²) in [5, 5.41) is 13.3. The molecule has 1 unspecified atom stereocenters. The molecule has 0 radical (unpaired) electrons. The number of nitrogens with zero attached hydrogens (tertiary/aromatic N) is 1. The average molecular weight is 314 g/mol. The molecule has 0 heterocycles. The molecule has 1 aliphatic carbocycles. The van der Waals surface area contributed by atoms with E-state index >= 15 is 0 Å². The highest BCUT2D eigenvalue weighted by Gasteiger charge is 2.21. The highest BCUT2D eigenvalue weighted by atomic mass is 79.9. The molecular formula is C13H14BrClN2. The molecule has 0 amide bonds. The number of nitriles is 1. The molecule has 2 rings (SSSR count). The van der Waals surface area contributed by atoms with E-state index < -0.39 is 0 Å². The summed E-state index contributed by atoms with van der Waals surface area (Å²) in [4.78, 5) is 0. The molecule has 2 nitrogen and oxygen atoms in total. The van der Waals surface area contributed by atoms with Crippen molar-refractivity contribution in [3.05, 3.63) is 33.3 Å². The second-order valence-corrected chi connectivity index (χ2v) is 5.70. The summed E-state index contributed by atoms with van der Waals surface area (Å²) in [6.45, 7) is 0. The molecule has 0 bridgehead atoms. The van der Waals surface area contributed by atoms with Crippen LogP contribution in [0.4, 0.5) is 0 Å². The Morgan fingerprint density at radius 3 is 2.71 bits per heavy atom. The zero-order chi connectivity index (χ0) is 12.3. The van der Waals surface area contributed by atoms with Crippen molar-refractivity contribution in [3.8, 4) is 6.07 Å². The number of hydrogen-bond donors (Lipinski definition) is 1. The maximum atomic E-state index is 9.25. The second-order valence-electron chi connectivity index (χ2n) is 4.38. The Hall–Kier alpha value is -0.560. The lowest BCUT2D eigenvalue weighted by Gasteiger charge is -2.18.